The summed E-state index contributed by atoms with van der Waals surface area (Å²) >= 11 is 19.2. The van der Waals surface area contributed by atoms with Crippen molar-refractivity contribution in [3.05, 3.63) is 128 Å². The Labute approximate surface area is 338 Å². The number of phenolic OH excluding ortho intramolecular Hbond substituents is 1. The molecule has 2 heterocycles. The zero-order valence-corrected chi connectivity index (χ0v) is 32.7. The molecule has 0 aromatic heterocycles. The molecule has 2 aliphatic heterocycles. The number of nitrogens with one attached hydrogen (secondary N) is 1. The van der Waals surface area contributed by atoms with E-state index in [0.717, 1.165) is 16.1 Å². The van der Waals surface area contributed by atoms with Gasteiger partial charge in [0.15, 0.2) is 11.5 Å². The zero-order valence-electron chi connectivity index (χ0n) is 30.5. The number of phenols is 1. The van der Waals surface area contributed by atoms with Crippen LogP contribution in [-0.2, 0) is 24.6 Å². The average molecular weight is 813 g/mol. The lowest BCUT2D eigenvalue weighted by atomic mass is 9.50. The third kappa shape index (κ3) is 5.85. The van der Waals surface area contributed by atoms with E-state index in [1.165, 1.54) is 24.1 Å². The Bertz CT molecular complexity index is 2380. The number of hydrogen-bond acceptors (Lipinski definition) is 8. The molecule has 4 amide bonds. The van der Waals surface area contributed by atoms with Gasteiger partial charge in [0.2, 0.25) is 11.8 Å². The topological polar surface area (TPSA) is 125 Å². The summed E-state index contributed by atoms with van der Waals surface area (Å²) in [6.45, 7) is 1.84. The number of carbonyl (C=O) groups excluding carboxylic acids is 4. The van der Waals surface area contributed by atoms with Gasteiger partial charge in [-0.1, -0.05) is 82.9 Å². The van der Waals surface area contributed by atoms with Gasteiger partial charge in [-0.25, -0.2) is 4.90 Å². The molecule has 2 N–H and O–H groups in total. The van der Waals surface area contributed by atoms with E-state index in [-0.39, 0.29) is 41.2 Å². The molecule has 0 radical (unpaired) electrons. The van der Waals surface area contributed by atoms with Crippen LogP contribution in [0.2, 0.25) is 15.1 Å². The lowest BCUT2D eigenvalue weighted by molar-refractivity contribution is -0.139. The Kier molecular flexibility index (Phi) is 9.63. The number of ether oxygens (including phenoxy) is 2. The summed E-state index contributed by atoms with van der Waals surface area (Å²) in [5.74, 6) is -4.79. The molecule has 3 fully saturated rings. The predicted molar refractivity (Wildman–Crippen MR) is 214 cm³/mol. The minimum absolute atomic E-state index is 0.0406. The Balaban J connectivity index is 1.31. The van der Waals surface area contributed by atoms with Gasteiger partial charge >= 0.3 is 0 Å². The summed E-state index contributed by atoms with van der Waals surface area (Å²) in [7, 11) is 2.99. The first-order chi connectivity index (χ1) is 26.9. The quantitative estimate of drug-likeness (QED) is 0.134. The van der Waals surface area contributed by atoms with E-state index in [1.807, 2.05) is 25.2 Å². The number of hydrazine groups is 1. The first-order valence-corrected chi connectivity index (χ1v) is 19.2. The van der Waals surface area contributed by atoms with Gasteiger partial charge in [-0.3, -0.25) is 24.6 Å². The number of benzene rings is 4. The maximum atomic E-state index is 15.4. The molecule has 0 spiro atoms. The largest absolute Gasteiger partial charge is 0.504 e. The van der Waals surface area contributed by atoms with Crippen LogP contribution in [0, 0.1) is 36.5 Å². The highest BCUT2D eigenvalue weighted by Crippen LogP contribution is 2.62. The van der Waals surface area contributed by atoms with Gasteiger partial charge in [-0.15, -0.1) is 0 Å². The molecule has 56 heavy (non-hydrogen) atoms. The lowest BCUT2D eigenvalue weighted by Gasteiger charge is -2.49. The summed E-state index contributed by atoms with van der Waals surface area (Å²) < 4.78 is 10.8. The van der Waals surface area contributed by atoms with Crippen LogP contribution in [0.1, 0.15) is 29.5 Å². The van der Waals surface area contributed by atoms with Crippen molar-refractivity contribution in [3.63, 3.8) is 0 Å². The number of imide groups is 2. The molecule has 286 valence electrons. The Hall–Kier alpha value is -5.29. The SMILES string of the molecule is COc1ccc(C23C(=O)N(Nc4ccc(Cl)cc4Cl)C(=O)C2CC2C(=CCC4C(=O)N(c5ccc(C)c(Cl)c5)C(=O)C42)C3C=Cc2ccc(O)c(OC)c2)cc1. The van der Waals surface area contributed by atoms with E-state index >= 15 is 4.79 Å². The van der Waals surface area contributed by atoms with Crippen molar-refractivity contribution in [1.82, 2.24) is 5.01 Å². The number of hydrogen-bond donors (Lipinski definition) is 2. The second kappa shape index (κ2) is 14.3. The van der Waals surface area contributed by atoms with Crippen LogP contribution in [-0.4, -0.2) is 48.0 Å². The zero-order chi connectivity index (χ0) is 39.6. The molecule has 4 aromatic carbocycles. The highest BCUT2D eigenvalue weighted by Gasteiger charge is 2.69. The van der Waals surface area contributed by atoms with Crippen molar-refractivity contribution in [3.8, 4) is 17.2 Å². The number of aromatic hydroxyl groups is 1. The van der Waals surface area contributed by atoms with Crippen LogP contribution >= 0.6 is 34.8 Å². The minimum Gasteiger partial charge on any atom is -0.504 e. The Morgan fingerprint density at radius 2 is 1.61 bits per heavy atom. The number of anilines is 2. The second-order valence-electron chi connectivity index (χ2n) is 14.5. The number of nitrogens with zero attached hydrogens (tertiary/aromatic N) is 2. The Morgan fingerprint density at radius 3 is 2.30 bits per heavy atom. The number of amides is 4. The highest BCUT2D eigenvalue weighted by atomic mass is 35.5. The first-order valence-electron chi connectivity index (χ1n) is 18.0. The molecule has 13 heteroatoms. The number of carbonyl (C=O) groups is 4. The van der Waals surface area contributed by atoms with E-state index < -0.39 is 46.8 Å². The number of allylic oxidation sites excluding steroid dienone is 3. The lowest BCUT2D eigenvalue weighted by Crippen LogP contribution is -2.54. The summed E-state index contributed by atoms with van der Waals surface area (Å²) in [4.78, 5) is 60.2. The fraction of sp³-hybridized carbons (Fsp3) is 0.256. The van der Waals surface area contributed by atoms with E-state index in [2.05, 4.69) is 5.43 Å². The number of aryl methyl sites for hydroxylation is 1. The molecule has 1 saturated carbocycles. The molecule has 0 bridgehead atoms. The second-order valence-corrected chi connectivity index (χ2v) is 15.7. The predicted octanol–water partition coefficient (Wildman–Crippen LogP) is 8.41. The van der Waals surface area contributed by atoms with Gasteiger partial charge in [0.25, 0.3) is 11.8 Å². The molecular formula is C43H36Cl3N3O7. The third-order valence-corrected chi connectivity index (χ3v) is 12.7. The minimum atomic E-state index is -1.52. The smallest absolute Gasteiger partial charge is 0.260 e. The van der Waals surface area contributed by atoms with E-state index in [1.54, 1.807) is 73.8 Å². The normalized spacial score (nSPS) is 25.6. The third-order valence-electron chi connectivity index (χ3n) is 11.7. The molecule has 6 atom stereocenters. The fourth-order valence-corrected chi connectivity index (χ4v) is 9.70. The van der Waals surface area contributed by atoms with Crippen LogP contribution in [0.5, 0.6) is 17.2 Å². The van der Waals surface area contributed by atoms with E-state index in [0.29, 0.717) is 38.3 Å². The van der Waals surface area contributed by atoms with Crippen LogP contribution in [0.3, 0.4) is 0 Å². The molecule has 2 saturated heterocycles. The van der Waals surface area contributed by atoms with E-state index in [4.69, 9.17) is 44.3 Å². The van der Waals surface area contributed by atoms with Gasteiger partial charge < -0.3 is 14.6 Å². The molecule has 2 aliphatic carbocycles. The van der Waals surface area contributed by atoms with Crippen LogP contribution in [0.15, 0.2) is 96.6 Å². The van der Waals surface area contributed by atoms with Gasteiger partial charge in [0.05, 0.1) is 53.8 Å². The maximum Gasteiger partial charge on any atom is 0.260 e. The van der Waals surface area contributed by atoms with Crippen molar-refractivity contribution in [2.24, 2.45) is 29.6 Å². The number of fused-ring (bicyclic) bond motifs is 4. The molecular weight excluding hydrogens is 777 g/mol. The van der Waals surface area contributed by atoms with Gasteiger partial charge in [0, 0.05) is 16.0 Å². The maximum absolute atomic E-state index is 15.4. The number of halogens is 3. The summed E-state index contributed by atoms with van der Waals surface area (Å²) in [5.41, 5.74) is 4.97. The first kappa shape index (κ1) is 37.6. The molecule has 6 unspecified atom stereocenters. The highest BCUT2D eigenvalue weighted by molar-refractivity contribution is 6.36. The van der Waals surface area contributed by atoms with Crippen molar-refractivity contribution < 1.29 is 33.8 Å². The Morgan fingerprint density at radius 1 is 0.839 bits per heavy atom. The standard InChI is InChI=1S/C43H36Cl3N3O7/c1-22-4-10-26(20-33(22)45)48-39(51)29-14-13-28-30(38(29)41(48)53)21-32-40(52)49(47-35-16-9-25(44)19-34(35)46)42(54)43(32,24-7-11-27(55-2)12-8-24)31(28)15-5-23-6-17-36(50)37(18-23)56-3/h4-13,15-20,29-32,38,47,50H,14,21H2,1-3H3. The van der Waals surface area contributed by atoms with Crippen molar-refractivity contribution in [2.75, 3.05) is 24.5 Å². The molecule has 4 aromatic rings. The summed E-state index contributed by atoms with van der Waals surface area (Å²) in [5, 5.41) is 12.4. The molecule has 8 rings (SSSR count). The van der Waals surface area contributed by atoms with Crippen molar-refractivity contribution in [1.29, 1.82) is 0 Å². The summed E-state index contributed by atoms with van der Waals surface area (Å²) in [6.07, 6.45) is 6.03. The molecule has 4 aliphatic rings. The number of rotatable bonds is 8. The molecule has 10 nitrogen and oxygen atoms in total. The van der Waals surface area contributed by atoms with Crippen LogP contribution in [0.4, 0.5) is 11.4 Å². The van der Waals surface area contributed by atoms with Crippen molar-refractivity contribution in [2.45, 2.75) is 25.2 Å². The summed E-state index contributed by atoms with van der Waals surface area (Å²) in [6, 6.07) is 21.8. The van der Waals surface area contributed by atoms with Gasteiger partial charge in [0.1, 0.15) is 5.75 Å². The number of methoxy groups -OCH3 is 2. The van der Waals surface area contributed by atoms with Gasteiger partial charge in [-0.05, 0) is 97.0 Å². The van der Waals surface area contributed by atoms with Crippen LogP contribution in [0.25, 0.3) is 6.08 Å². The van der Waals surface area contributed by atoms with Crippen LogP contribution < -0.4 is 19.8 Å². The average Bonchev–Trinajstić information content (AvgIpc) is 3.57. The fourth-order valence-electron chi connectivity index (χ4n) is 9.07. The monoisotopic (exact) mass is 811 g/mol. The van der Waals surface area contributed by atoms with Gasteiger partial charge in [-0.2, -0.15) is 5.01 Å². The van der Waals surface area contributed by atoms with E-state index in [9.17, 15) is 19.5 Å². The van der Waals surface area contributed by atoms with Crippen molar-refractivity contribution >= 4 is 75.9 Å².